The number of benzene rings is 1. The van der Waals surface area contributed by atoms with E-state index in [9.17, 15) is 14.4 Å². The molecule has 2 amide bonds. The van der Waals surface area contributed by atoms with Gasteiger partial charge < -0.3 is 15.8 Å². The molecule has 0 bridgehead atoms. The maximum absolute atomic E-state index is 12.2. The molecule has 6 nitrogen and oxygen atoms in total. The molecular weight excluding hydrogens is 272 g/mol. The second-order valence-corrected chi connectivity index (χ2v) is 4.81. The molecule has 0 aliphatic carbocycles. The molecule has 6 heteroatoms. The predicted octanol–water partition coefficient (Wildman–Crippen LogP) is 1.10. The summed E-state index contributed by atoms with van der Waals surface area (Å²) in [6.45, 7) is 3.74. The number of primary amides is 1. The Hall–Kier alpha value is -2.37. The first-order chi connectivity index (χ1) is 9.90. The van der Waals surface area contributed by atoms with Crippen LogP contribution in [-0.4, -0.2) is 30.9 Å². The molecule has 0 fully saturated rings. The molecule has 1 rings (SSSR count). The van der Waals surface area contributed by atoms with Gasteiger partial charge in [-0.25, -0.2) is 4.79 Å². The van der Waals surface area contributed by atoms with Gasteiger partial charge in [0.05, 0.1) is 12.7 Å². The number of esters is 1. The van der Waals surface area contributed by atoms with E-state index in [4.69, 9.17) is 5.73 Å². The number of carbonyl (C=O) groups excluding carboxylic acids is 3. The molecular formula is C15H20N2O4. The zero-order valence-electron chi connectivity index (χ0n) is 12.4. The molecule has 2 unspecified atom stereocenters. The summed E-state index contributed by atoms with van der Waals surface area (Å²) in [7, 11) is 1.27. The third kappa shape index (κ3) is 4.30. The number of nitrogens with one attached hydrogen (secondary N) is 1. The maximum Gasteiger partial charge on any atom is 0.337 e. The quantitative estimate of drug-likeness (QED) is 0.767. The Morgan fingerprint density at radius 1 is 1.29 bits per heavy atom. The first-order valence-corrected chi connectivity index (χ1v) is 6.69. The summed E-state index contributed by atoms with van der Waals surface area (Å²) in [6.07, 6.45) is 0.704. The Kier molecular flexibility index (Phi) is 5.90. The van der Waals surface area contributed by atoms with Gasteiger partial charge in [-0.2, -0.15) is 0 Å². The third-order valence-electron chi connectivity index (χ3n) is 3.35. The van der Waals surface area contributed by atoms with Crippen molar-refractivity contribution < 1.29 is 19.1 Å². The van der Waals surface area contributed by atoms with Crippen molar-refractivity contribution in [1.29, 1.82) is 0 Å². The van der Waals surface area contributed by atoms with Gasteiger partial charge >= 0.3 is 5.97 Å². The Balaban J connectivity index is 2.93. The standard InChI is InChI=1S/C15H20N2O4/c1-4-9(2)12(13(16)18)17-14(19)10-6-5-7-11(8-10)15(20)21-3/h5-9,12H,4H2,1-3H3,(H2,16,18)(H,17,19). The van der Waals surface area contributed by atoms with E-state index in [2.05, 4.69) is 10.1 Å². The summed E-state index contributed by atoms with van der Waals surface area (Å²) in [5, 5.41) is 2.60. The molecule has 0 aromatic heterocycles. The minimum Gasteiger partial charge on any atom is -0.465 e. The number of ether oxygens (including phenoxy) is 1. The van der Waals surface area contributed by atoms with Crippen molar-refractivity contribution in [2.24, 2.45) is 11.7 Å². The molecule has 0 radical (unpaired) electrons. The van der Waals surface area contributed by atoms with Gasteiger partial charge in [0, 0.05) is 5.56 Å². The van der Waals surface area contributed by atoms with Crippen LogP contribution in [0.15, 0.2) is 24.3 Å². The first-order valence-electron chi connectivity index (χ1n) is 6.69. The molecule has 1 aromatic rings. The molecule has 21 heavy (non-hydrogen) atoms. The van der Waals surface area contributed by atoms with Crippen LogP contribution in [0.3, 0.4) is 0 Å². The Morgan fingerprint density at radius 3 is 2.43 bits per heavy atom. The smallest absolute Gasteiger partial charge is 0.337 e. The lowest BCUT2D eigenvalue weighted by atomic mass is 9.98. The summed E-state index contributed by atoms with van der Waals surface area (Å²) in [6, 6.07) is 5.34. The second kappa shape index (κ2) is 7.42. The summed E-state index contributed by atoms with van der Waals surface area (Å²) < 4.78 is 4.60. The van der Waals surface area contributed by atoms with Crippen LogP contribution in [-0.2, 0) is 9.53 Å². The molecule has 0 saturated carbocycles. The lowest BCUT2D eigenvalue weighted by Gasteiger charge is -2.21. The average molecular weight is 292 g/mol. The molecule has 0 spiro atoms. The minimum atomic E-state index is -0.746. The summed E-state index contributed by atoms with van der Waals surface area (Å²) in [4.78, 5) is 35.0. The van der Waals surface area contributed by atoms with E-state index in [0.29, 0.717) is 6.42 Å². The van der Waals surface area contributed by atoms with Crippen molar-refractivity contribution in [3.8, 4) is 0 Å². The molecule has 2 atom stereocenters. The molecule has 1 aromatic carbocycles. The molecule has 0 aliphatic rings. The Morgan fingerprint density at radius 2 is 1.90 bits per heavy atom. The van der Waals surface area contributed by atoms with Crippen LogP contribution >= 0.6 is 0 Å². The number of hydrogen-bond donors (Lipinski definition) is 2. The van der Waals surface area contributed by atoms with Crippen molar-refractivity contribution in [1.82, 2.24) is 5.32 Å². The van der Waals surface area contributed by atoms with Crippen LogP contribution in [0.5, 0.6) is 0 Å². The number of nitrogens with two attached hydrogens (primary N) is 1. The van der Waals surface area contributed by atoms with Crippen molar-refractivity contribution >= 4 is 17.8 Å². The van der Waals surface area contributed by atoms with Gasteiger partial charge in [0.25, 0.3) is 5.91 Å². The van der Waals surface area contributed by atoms with Gasteiger partial charge in [-0.15, -0.1) is 0 Å². The van der Waals surface area contributed by atoms with Gasteiger partial charge in [0.2, 0.25) is 5.91 Å². The summed E-state index contributed by atoms with van der Waals surface area (Å²) >= 11 is 0. The highest BCUT2D eigenvalue weighted by Crippen LogP contribution is 2.10. The molecule has 3 N–H and O–H groups in total. The Bertz CT molecular complexity index is 542. The number of rotatable bonds is 6. The monoisotopic (exact) mass is 292 g/mol. The van der Waals surface area contributed by atoms with E-state index in [1.165, 1.54) is 13.2 Å². The minimum absolute atomic E-state index is 0.0739. The third-order valence-corrected chi connectivity index (χ3v) is 3.35. The van der Waals surface area contributed by atoms with Crippen LogP contribution in [0.4, 0.5) is 0 Å². The number of hydrogen-bond acceptors (Lipinski definition) is 4. The first kappa shape index (κ1) is 16.7. The van der Waals surface area contributed by atoms with Gasteiger partial charge in [0.15, 0.2) is 0 Å². The molecule has 0 aliphatic heterocycles. The second-order valence-electron chi connectivity index (χ2n) is 4.81. The highest BCUT2D eigenvalue weighted by molar-refractivity contribution is 5.99. The molecule has 114 valence electrons. The zero-order chi connectivity index (χ0) is 16.0. The molecule has 0 saturated heterocycles. The van der Waals surface area contributed by atoms with Crippen molar-refractivity contribution in [3.05, 3.63) is 35.4 Å². The SMILES string of the molecule is CCC(C)C(NC(=O)c1cccc(C(=O)OC)c1)C(N)=O. The zero-order valence-corrected chi connectivity index (χ0v) is 12.4. The lowest BCUT2D eigenvalue weighted by Crippen LogP contribution is -2.48. The summed E-state index contributed by atoms with van der Waals surface area (Å²) in [5.74, 6) is -1.64. The van der Waals surface area contributed by atoms with Crippen LogP contribution in [0.25, 0.3) is 0 Å². The fourth-order valence-electron chi connectivity index (χ4n) is 1.86. The molecule has 0 heterocycles. The maximum atomic E-state index is 12.2. The van der Waals surface area contributed by atoms with Gasteiger partial charge in [-0.05, 0) is 24.1 Å². The van der Waals surface area contributed by atoms with Crippen molar-refractivity contribution in [2.75, 3.05) is 7.11 Å². The lowest BCUT2D eigenvalue weighted by molar-refractivity contribution is -0.120. The summed E-state index contributed by atoms with van der Waals surface area (Å²) in [5.41, 5.74) is 5.85. The number of amides is 2. The number of methoxy groups -OCH3 is 1. The normalized spacial score (nSPS) is 13.1. The highest BCUT2D eigenvalue weighted by atomic mass is 16.5. The van der Waals surface area contributed by atoms with Crippen LogP contribution in [0.1, 0.15) is 41.0 Å². The van der Waals surface area contributed by atoms with Gasteiger partial charge in [0.1, 0.15) is 6.04 Å². The fraction of sp³-hybridized carbons (Fsp3) is 0.400. The van der Waals surface area contributed by atoms with E-state index in [1.807, 2.05) is 13.8 Å². The van der Waals surface area contributed by atoms with E-state index in [0.717, 1.165) is 0 Å². The van der Waals surface area contributed by atoms with Crippen LogP contribution in [0, 0.1) is 5.92 Å². The van der Waals surface area contributed by atoms with Crippen LogP contribution < -0.4 is 11.1 Å². The van der Waals surface area contributed by atoms with E-state index < -0.39 is 23.8 Å². The fourth-order valence-corrected chi connectivity index (χ4v) is 1.86. The largest absolute Gasteiger partial charge is 0.465 e. The van der Waals surface area contributed by atoms with E-state index in [1.54, 1.807) is 18.2 Å². The predicted molar refractivity (Wildman–Crippen MR) is 77.7 cm³/mol. The van der Waals surface area contributed by atoms with Gasteiger partial charge in [-0.3, -0.25) is 9.59 Å². The van der Waals surface area contributed by atoms with Crippen LogP contribution in [0.2, 0.25) is 0 Å². The van der Waals surface area contributed by atoms with E-state index >= 15 is 0 Å². The Labute approximate surface area is 123 Å². The van der Waals surface area contributed by atoms with Gasteiger partial charge in [-0.1, -0.05) is 26.3 Å². The average Bonchev–Trinajstić information content (AvgIpc) is 2.50. The van der Waals surface area contributed by atoms with Crippen molar-refractivity contribution in [3.63, 3.8) is 0 Å². The van der Waals surface area contributed by atoms with E-state index in [-0.39, 0.29) is 17.0 Å². The highest BCUT2D eigenvalue weighted by Gasteiger charge is 2.24. The topological polar surface area (TPSA) is 98.5 Å². The number of carbonyl (C=O) groups is 3. The van der Waals surface area contributed by atoms with Crippen molar-refractivity contribution in [2.45, 2.75) is 26.3 Å².